The molecule has 1 aliphatic rings. The zero-order valence-corrected chi connectivity index (χ0v) is 6.67. The van der Waals surface area contributed by atoms with Crippen molar-refractivity contribution in [2.75, 3.05) is 25.6 Å². The van der Waals surface area contributed by atoms with Crippen LogP contribution in [-0.4, -0.2) is 43.7 Å². The van der Waals surface area contributed by atoms with Crippen molar-refractivity contribution in [2.24, 2.45) is 5.41 Å². The van der Waals surface area contributed by atoms with E-state index in [-0.39, 0.29) is 19.8 Å². The molecule has 0 bridgehead atoms. The fraction of sp³-hybridized carbons (Fsp3) is 1.00. The van der Waals surface area contributed by atoms with Crippen molar-refractivity contribution in [3.05, 3.63) is 0 Å². The molecular weight excluding hydrogens is 172 g/mol. The van der Waals surface area contributed by atoms with E-state index in [1.165, 1.54) is 0 Å². The van der Waals surface area contributed by atoms with Gasteiger partial charge in [-0.05, 0) is 0 Å². The highest BCUT2D eigenvalue weighted by molar-refractivity contribution is 7.85. The monoisotopic (exact) mass is 182 g/mol. The summed E-state index contributed by atoms with van der Waals surface area (Å²) >= 11 is 0. The predicted molar refractivity (Wildman–Crippen MR) is 36.8 cm³/mol. The van der Waals surface area contributed by atoms with E-state index >= 15 is 0 Å². The van der Waals surface area contributed by atoms with Gasteiger partial charge in [0.05, 0.1) is 31.0 Å². The van der Waals surface area contributed by atoms with Gasteiger partial charge in [0.1, 0.15) is 0 Å². The summed E-state index contributed by atoms with van der Waals surface area (Å²) in [5, 5.41) is 8.74. The highest BCUT2D eigenvalue weighted by atomic mass is 32.2. The normalized spacial score (nSPS) is 22.7. The maximum absolute atomic E-state index is 10.4. The number of ether oxygens (including phenoxy) is 1. The fourth-order valence-electron chi connectivity index (χ4n) is 0.998. The number of hydrogen-bond acceptors (Lipinski definition) is 4. The first kappa shape index (κ1) is 8.92. The second kappa shape index (κ2) is 2.71. The first-order valence-corrected chi connectivity index (χ1v) is 4.72. The number of hydrogen-bond donors (Lipinski definition) is 2. The minimum absolute atomic E-state index is 0.198. The Morgan fingerprint density at radius 2 is 2.00 bits per heavy atom. The molecule has 5 nitrogen and oxygen atoms in total. The molecule has 1 heterocycles. The highest BCUT2D eigenvalue weighted by Crippen LogP contribution is 2.27. The molecule has 0 amide bonds. The van der Waals surface area contributed by atoms with Crippen molar-refractivity contribution < 1.29 is 22.8 Å². The van der Waals surface area contributed by atoms with Crippen molar-refractivity contribution in [1.82, 2.24) is 0 Å². The van der Waals surface area contributed by atoms with Crippen LogP contribution in [0, 0.1) is 5.41 Å². The van der Waals surface area contributed by atoms with Crippen molar-refractivity contribution >= 4 is 10.1 Å². The smallest absolute Gasteiger partial charge is 0.265 e. The lowest BCUT2D eigenvalue weighted by Gasteiger charge is -2.38. The molecule has 0 saturated carbocycles. The third-order valence-corrected chi connectivity index (χ3v) is 2.62. The molecule has 0 spiro atoms. The second-order valence-electron chi connectivity index (χ2n) is 2.88. The summed E-state index contributed by atoms with van der Waals surface area (Å²) in [5.41, 5.74) is -0.756. The predicted octanol–water partition coefficient (Wildman–Crippen LogP) is -1.12. The van der Waals surface area contributed by atoms with Gasteiger partial charge in [-0.3, -0.25) is 4.55 Å². The molecule has 0 aromatic carbocycles. The number of aliphatic hydroxyl groups excluding tert-OH is 1. The van der Waals surface area contributed by atoms with Gasteiger partial charge in [-0.15, -0.1) is 0 Å². The molecule has 0 unspecified atom stereocenters. The maximum Gasteiger partial charge on any atom is 0.265 e. The van der Waals surface area contributed by atoms with Crippen LogP contribution in [0.1, 0.15) is 0 Å². The van der Waals surface area contributed by atoms with E-state index in [4.69, 9.17) is 14.4 Å². The quantitative estimate of drug-likeness (QED) is 0.540. The summed E-state index contributed by atoms with van der Waals surface area (Å²) in [6, 6.07) is 0. The van der Waals surface area contributed by atoms with Crippen LogP contribution in [0.2, 0.25) is 0 Å². The molecule has 1 fully saturated rings. The molecule has 1 saturated heterocycles. The number of rotatable bonds is 3. The topological polar surface area (TPSA) is 83.8 Å². The fourth-order valence-corrected chi connectivity index (χ4v) is 2.03. The Morgan fingerprint density at radius 3 is 2.09 bits per heavy atom. The Morgan fingerprint density at radius 1 is 1.45 bits per heavy atom. The van der Waals surface area contributed by atoms with Crippen molar-refractivity contribution in [2.45, 2.75) is 0 Å². The van der Waals surface area contributed by atoms with E-state index in [9.17, 15) is 8.42 Å². The van der Waals surface area contributed by atoms with Gasteiger partial charge < -0.3 is 9.84 Å². The van der Waals surface area contributed by atoms with Crippen LogP contribution < -0.4 is 0 Å². The first-order valence-electron chi connectivity index (χ1n) is 3.11. The van der Waals surface area contributed by atoms with Crippen LogP contribution in [0.3, 0.4) is 0 Å². The lowest BCUT2D eigenvalue weighted by molar-refractivity contribution is -0.123. The van der Waals surface area contributed by atoms with Gasteiger partial charge >= 0.3 is 0 Å². The first-order chi connectivity index (χ1) is 4.97. The van der Waals surface area contributed by atoms with E-state index in [0.29, 0.717) is 0 Å². The largest absolute Gasteiger partial charge is 0.396 e. The van der Waals surface area contributed by atoms with E-state index in [1.54, 1.807) is 0 Å². The lowest BCUT2D eigenvalue weighted by Crippen LogP contribution is -2.50. The molecule has 0 atom stereocenters. The summed E-state index contributed by atoms with van der Waals surface area (Å²) < 4.78 is 34.0. The Kier molecular flexibility index (Phi) is 2.19. The molecule has 0 aromatic rings. The van der Waals surface area contributed by atoms with E-state index in [2.05, 4.69) is 0 Å². The van der Waals surface area contributed by atoms with Gasteiger partial charge in [-0.2, -0.15) is 8.42 Å². The average Bonchev–Trinajstić information content (AvgIpc) is 1.77. The summed E-state index contributed by atoms with van der Waals surface area (Å²) in [6.07, 6.45) is 0. The van der Waals surface area contributed by atoms with Gasteiger partial charge in [-0.25, -0.2) is 0 Å². The van der Waals surface area contributed by atoms with Crippen LogP contribution >= 0.6 is 0 Å². The third-order valence-electron chi connectivity index (χ3n) is 1.64. The highest BCUT2D eigenvalue weighted by Gasteiger charge is 2.41. The van der Waals surface area contributed by atoms with Gasteiger partial charge in [0.2, 0.25) is 0 Å². The molecule has 66 valence electrons. The van der Waals surface area contributed by atoms with Gasteiger partial charge in [0.15, 0.2) is 0 Å². The van der Waals surface area contributed by atoms with Crippen molar-refractivity contribution in [3.8, 4) is 0 Å². The molecule has 1 aliphatic heterocycles. The molecule has 0 radical (unpaired) electrons. The number of aliphatic hydroxyl groups is 1. The molecule has 6 heteroatoms. The molecular formula is C5H10O5S. The summed E-state index contributed by atoms with van der Waals surface area (Å²) in [5.74, 6) is -0.420. The van der Waals surface area contributed by atoms with Crippen molar-refractivity contribution in [1.29, 1.82) is 0 Å². The van der Waals surface area contributed by atoms with Crippen LogP contribution in [0.5, 0.6) is 0 Å². The van der Waals surface area contributed by atoms with Crippen LogP contribution in [0.4, 0.5) is 0 Å². The Labute approximate surface area is 64.7 Å². The zero-order valence-electron chi connectivity index (χ0n) is 5.86. The average molecular weight is 182 g/mol. The van der Waals surface area contributed by atoms with Gasteiger partial charge in [-0.1, -0.05) is 0 Å². The Balaban J connectivity index is 2.59. The van der Waals surface area contributed by atoms with E-state index < -0.39 is 21.3 Å². The summed E-state index contributed by atoms with van der Waals surface area (Å²) in [7, 11) is -3.99. The third kappa shape index (κ3) is 2.13. The Hall–Kier alpha value is -0.170. The minimum Gasteiger partial charge on any atom is -0.396 e. The molecule has 0 aromatic heterocycles. The molecule has 0 aliphatic carbocycles. The van der Waals surface area contributed by atoms with Crippen LogP contribution in [0.25, 0.3) is 0 Å². The van der Waals surface area contributed by atoms with Gasteiger partial charge in [0.25, 0.3) is 10.1 Å². The molecule has 2 N–H and O–H groups in total. The molecule has 11 heavy (non-hydrogen) atoms. The SMILES string of the molecule is O=S(=O)(O)CC1(CO)COC1. The molecule has 1 rings (SSSR count). The maximum atomic E-state index is 10.4. The lowest BCUT2D eigenvalue weighted by atomic mass is 9.90. The Bertz CT molecular complexity index is 222. The second-order valence-corrected chi connectivity index (χ2v) is 4.33. The van der Waals surface area contributed by atoms with Crippen molar-refractivity contribution in [3.63, 3.8) is 0 Å². The van der Waals surface area contributed by atoms with Gasteiger partial charge in [0, 0.05) is 0 Å². The van der Waals surface area contributed by atoms with E-state index in [0.717, 1.165) is 0 Å². The minimum atomic E-state index is -3.99. The van der Waals surface area contributed by atoms with Crippen LogP contribution in [-0.2, 0) is 14.9 Å². The summed E-state index contributed by atoms with van der Waals surface area (Å²) in [4.78, 5) is 0. The van der Waals surface area contributed by atoms with Crippen LogP contribution in [0.15, 0.2) is 0 Å². The summed E-state index contributed by atoms with van der Waals surface area (Å²) in [6.45, 7) is 0.124. The van der Waals surface area contributed by atoms with E-state index in [1.807, 2.05) is 0 Å². The zero-order chi connectivity index (χ0) is 8.54. The standard InChI is InChI=1S/C5H10O5S/c6-1-5(2-10-3-5)4-11(7,8)9/h6H,1-4H2,(H,7,8,9).